The summed E-state index contributed by atoms with van der Waals surface area (Å²) < 4.78 is 35.9. The zero-order valence-electron chi connectivity index (χ0n) is 10.9. The van der Waals surface area contributed by atoms with Crippen molar-refractivity contribution >= 4 is 5.91 Å². The molecule has 0 spiro atoms. The van der Waals surface area contributed by atoms with Gasteiger partial charge >= 0.3 is 6.18 Å². The molecule has 0 aromatic heterocycles. The van der Waals surface area contributed by atoms with E-state index in [1.54, 1.807) is 4.90 Å². The predicted octanol–water partition coefficient (Wildman–Crippen LogP) is 2.52. The highest BCUT2D eigenvalue weighted by Crippen LogP contribution is 2.22. The van der Waals surface area contributed by atoms with Crippen LogP contribution in [0, 0.1) is 5.92 Å². The van der Waals surface area contributed by atoms with Crippen molar-refractivity contribution in [2.75, 3.05) is 13.2 Å². The van der Waals surface area contributed by atoms with Gasteiger partial charge in [-0.25, -0.2) is 0 Å². The molecule has 0 aromatic carbocycles. The second-order valence-corrected chi connectivity index (χ2v) is 4.90. The average molecular weight is 266 g/mol. The fourth-order valence-electron chi connectivity index (χ4n) is 2.07. The molecule has 3 nitrogen and oxygen atoms in total. The first-order chi connectivity index (χ1) is 8.35. The maximum absolute atomic E-state index is 12.0. The summed E-state index contributed by atoms with van der Waals surface area (Å²) in [5.41, 5.74) is 0. The van der Waals surface area contributed by atoms with Crippen molar-refractivity contribution in [2.24, 2.45) is 5.92 Å². The standard InChI is InChI=1S/C12H21F3N2O/c1-3-9(2)10-11(18)17(8-16-10)7-5-4-6-12(13,14)15/h9-10,16H,3-8H2,1-2H3. The lowest BCUT2D eigenvalue weighted by molar-refractivity contribution is -0.136. The third-order valence-corrected chi connectivity index (χ3v) is 3.43. The summed E-state index contributed by atoms with van der Waals surface area (Å²) >= 11 is 0. The van der Waals surface area contributed by atoms with Crippen LogP contribution in [0.4, 0.5) is 13.2 Å². The van der Waals surface area contributed by atoms with Crippen LogP contribution < -0.4 is 5.32 Å². The van der Waals surface area contributed by atoms with E-state index in [2.05, 4.69) is 5.32 Å². The molecule has 1 heterocycles. The van der Waals surface area contributed by atoms with E-state index in [0.29, 0.717) is 19.6 Å². The highest BCUT2D eigenvalue weighted by Gasteiger charge is 2.34. The van der Waals surface area contributed by atoms with E-state index in [9.17, 15) is 18.0 Å². The van der Waals surface area contributed by atoms with Gasteiger partial charge in [-0.3, -0.25) is 10.1 Å². The smallest absolute Gasteiger partial charge is 0.329 e. The van der Waals surface area contributed by atoms with Gasteiger partial charge in [0.25, 0.3) is 0 Å². The summed E-state index contributed by atoms with van der Waals surface area (Å²) in [5, 5.41) is 3.12. The van der Waals surface area contributed by atoms with Gasteiger partial charge < -0.3 is 4.90 Å². The van der Waals surface area contributed by atoms with Crippen LogP contribution in [0.3, 0.4) is 0 Å². The molecule has 1 saturated heterocycles. The number of alkyl halides is 3. The average Bonchev–Trinajstić information content (AvgIpc) is 2.64. The summed E-state index contributed by atoms with van der Waals surface area (Å²) in [7, 11) is 0. The van der Waals surface area contributed by atoms with Crippen molar-refractivity contribution in [3.05, 3.63) is 0 Å². The van der Waals surface area contributed by atoms with E-state index in [0.717, 1.165) is 6.42 Å². The van der Waals surface area contributed by atoms with E-state index >= 15 is 0 Å². The first-order valence-electron chi connectivity index (χ1n) is 6.44. The normalized spacial score (nSPS) is 22.6. The minimum Gasteiger partial charge on any atom is -0.329 e. The number of halogens is 3. The van der Waals surface area contributed by atoms with Gasteiger partial charge in [-0.1, -0.05) is 20.3 Å². The van der Waals surface area contributed by atoms with Crippen LogP contribution in [0.5, 0.6) is 0 Å². The number of amides is 1. The molecule has 0 bridgehead atoms. The monoisotopic (exact) mass is 266 g/mol. The Morgan fingerprint density at radius 2 is 2.11 bits per heavy atom. The molecule has 0 aromatic rings. The zero-order valence-corrected chi connectivity index (χ0v) is 10.9. The number of unbranched alkanes of at least 4 members (excludes halogenated alkanes) is 1. The fourth-order valence-corrected chi connectivity index (χ4v) is 2.07. The molecule has 1 fully saturated rings. The highest BCUT2D eigenvalue weighted by molar-refractivity contribution is 5.84. The first kappa shape index (κ1) is 15.3. The van der Waals surface area contributed by atoms with Crippen molar-refractivity contribution in [2.45, 2.75) is 51.7 Å². The van der Waals surface area contributed by atoms with Gasteiger partial charge in [-0.05, 0) is 18.8 Å². The van der Waals surface area contributed by atoms with Crippen LogP contribution in [0.15, 0.2) is 0 Å². The minimum atomic E-state index is -4.09. The molecule has 18 heavy (non-hydrogen) atoms. The maximum atomic E-state index is 12.0. The van der Waals surface area contributed by atoms with Crippen LogP contribution in [0.2, 0.25) is 0 Å². The van der Waals surface area contributed by atoms with Gasteiger partial charge in [-0.15, -0.1) is 0 Å². The lowest BCUT2D eigenvalue weighted by Gasteiger charge is -2.18. The van der Waals surface area contributed by atoms with Crippen LogP contribution in [0.1, 0.15) is 39.5 Å². The Morgan fingerprint density at radius 1 is 1.44 bits per heavy atom. The maximum Gasteiger partial charge on any atom is 0.389 e. The molecule has 2 unspecified atom stereocenters. The molecular formula is C12H21F3N2O. The van der Waals surface area contributed by atoms with Gasteiger partial charge in [0.1, 0.15) is 0 Å². The van der Waals surface area contributed by atoms with Crippen molar-refractivity contribution in [3.8, 4) is 0 Å². The Hall–Kier alpha value is -0.780. The summed E-state index contributed by atoms with van der Waals surface area (Å²) in [4.78, 5) is 13.6. The van der Waals surface area contributed by atoms with Crippen LogP contribution in [-0.2, 0) is 4.79 Å². The van der Waals surface area contributed by atoms with E-state index in [1.165, 1.54) is 0 Å². The Bertz CT molecular complexity index is 281. The van der Waals surface area contributed by atoms with Crippen LogP contribution >= 0.6 is 0 Å². The van der Waals surface area contributed by atoms with Crippen molar-refractivity contribution < 1.29 is 18.0 Å². The third-order valence-electron chi connectivity index (χ3n) is 3.43. The van der Waals surface area contributed by atoms with Gasteiger partial charge in [0, 0.05) is 13.0 Å². The molecular weight excluding hydrogens is 245 g/mol. The largest absolute Gasteiger partial charge is 0.389 e. The van der Waals surface area contributed by atoms with Crippen molar-refractivity contribution in [1.29, 1.82) is 0 Å². The van der Waals surface area contributed by atoms with Crippen molar-refractivity contribution in [3.63, 3.8) is 0 Å². The second-order valence-electron chi connectivity index (χ2n) is 4.90. The SMILES string of the molecule is CCC(C)C1NCN(CCCCC(F)(F)F)C1=O. The molecule has 0 saturated carbocycles. The van der Waals surface area contributed by atoms with Gasteiger partial charge in [-0.2, -0.15) is 13.2 Å². The van der Waals surface area contributed by atoms with Crippen LogP contribution in [0.25, 0.3) is 0 Å². The fraction of sp³-hybridized carbons (Fsp3) is 0.917. The summed E-state index contributed by atoms with van der Waals surface area (Å²) in [5.74, 6) is 0.286. The molecule has 0 aliphatic carbocycles. The lowest BCUT2D eigenvalue weighted by atomic mass is 9.99. The molecule has 2 atom stereocenters. The summed E-state index contributed by atoms with van der Waals surface area (Å²) in [6, 6.07) is -0.169. The second kappa shape index (κ2) is 6.41. The van der Waals surface area contributed by atoms with E-state index in [4.69, 9.17) is 0 Å². The molecule has 1 aliphatic rings. The molecule has 1 rings (SSSR count). The Morgan fingerprint density at radius 3 is 2.67 bits per heavy atom. The van der Waals surface area contributed by atoms with Crippen molar-refractivity contribution in [1.82, 2.24) is 10.2 Å². The number of hydrogen-bond acceptors (Lipinski definition) is 2. The molecule has 0 radical (unpaired) electrons. The van der Waals surface area contributed by atoms with Gasteiger partial charge in [0.05, 0.1) is 12.7 Å². The molecule has 1 aliphatic heterocycles. The minimum absolute atomic E-state index is 0.0244. The molecule has 106 valence electrons. The Balaban J connectivity index is 2.27. The number of nitrogens with zero attached hydrogens (tertiary/aromatic N) is 1. The Labute approximate surface area is 106 Å². The van der Waals surface area contributed by atoms with E-state index in [-0.39, 0.29) is 24.3 Å². The number of rotatable bonds is 6. The number of carbonyl (C=O) groups is 1. The quantitative estimate of drug-likeness (QED) is 0.749. The topological polar surface area (TPSA) is 32.3 Å². The Kier molecular flexibility index (Phi) is 5.44. The highest BCUT2D eigenvalue weighted by atomic mass is 19.4. The number of nitrogens with one attached hydrogen (secondary N) is 1. The third kappa shape index (κ3) is 4.48. The first-order valence-corrected chi connectivity index (χ1v) is 6.44. The van der Waals surface area contributed by atoms with E-state index < -0.39 is 12.6 Å². The van der Waals surface area contributed by atoms with Crippen LogP contribution in [-0.4, -0.2) is 36.2 Å². The summed E-state index contributed by atoms with van der Waals surface area (Å²) in [6.07, 6.45) is -3.46. The zero-order chi connectivity index (χ0) is 13.8. The lowest BCUT2D eigenvalue weighted by Crippen LogP contribution is -2.36. The molecule has 1 N–H and O–H groups in total. The molecule has 6 heteroatoms. The predicted molar refractivity (Wildman–Crippen MR) is 62.9 cm³/mol. The number of hydrogen-bond donors (Lipinski definition) is 1. The van der Waals surface area contributed by atoms with Gasteiger partial charge in [0.15, 0.2) is 0 Å². The van der Waals surface area contributed by atoms with E-state index in [1.807, 2.05) is 13.8 Å². The number of carbonyl (C=O) groups excluding carboxylic acids is 1. The molecule has 1 amide bonds. The summed E-state index contributed by atoms with van der Waals surface area (Å²) in [6.45, 7) is 4.89. The van der Waals surface area contributed by atoms with Gasteiger partial charge in [0.2, 0.25) is 5.91 Å².